The second kappa shape index (κ2) is 8.65. The first-order valence-corrected chi connectivity index (χ1v) is 9.78. The minimum Gasteiger partial charge on any atom is -0.272 e. The Hall–Kier alpha value is -3.58. The number of amides is 3. The van der Waals surface area contributed by atoms with E-state index in [-0.39, 0.29) is 12.5 Å². The lowest BCUT2D eigenvalue weighted by molar-refractivity contribution is 0.0945. The molecule has 5 nitrogen and oxygen atoms in total. The molecule has 0 aromatic heterocycles. The van der Waals surface area contributed by atoms with Crippen molar-refractivity contribution in [3.8, 4) is 0 Å². The van der Waals surface area contributed by atoms with Gasteiger partial charge in [0.25, 0.3) is 5.91 Å². The van der Waals surface area contributed by atoms with Crippen LogP contribution in [0, 0.1) is 11.6 Å². The summed E-state index contributed by atoms with van der Waals surface area (Å²) in [5, 5.41) is 8.05. The lowest BCUT2D eigenvalue weighted by Crippen LogP contribution is -2.40. The Morgan fingerprint density at radius 2 is 1.58 bits per heavy atom. The van der Waals surface area contributed by atoms with Crippen molar-refractivity contribution >= 4 is 29.3 Å². The standard InChI is InChI=1S/C23H16ClF2N3O2/c24-16-11-9-15(10-12-16)21-17(14-5-2-1-3-6-14)13-29(28-21)23(31)27-22(30)20-18(25)7-4-8-19(20)26/h1-12,17H,13H2,(H,27,30,31). The van der Waals surface area contributed by atoms with E-state index in [1.807, 2.05) is 35.6 Å². The van der Waals surface area contributed by atoms with Gasteiger partial charge in [0.15, 0.2) is 0 Å². The zero-order chi connectivity index (χ0) is 22.0. The van der Waals surface area contributed by atoms with Gasteiger partial charge in [0.1, 0.15) is 17.2 Å². The van der Waals surface area contributed by atoms with Gasteiger partial charge in [-0.25, -0.2) is 18.6 Å². The third-order valence-corrected chi connectivity index (χ3v) is 5.15. The molecule has 1 unspecified atom stereocenters. The molecule has 1 N–H and O–H groups in total. The number of carbonyl (C=O) groups excluding carboxylic acids is 2. The summed E-state index contributed by atoms with van der Waals surface area (Å²) in [6.45, 7) is 0.154. The Bertz CT molecular complexity index is 1150. The molecule has 0 bridgehead atoms. The van der Waals surface area contributed by atoms with Crippen molar-refractivity contribution in [1.82, 2.24) is 10.3 Å². The fraction of sp³-hybridized carbons (Fsp3) is 0.0870. The van der Waals surface area contributed by atoms with Crippen molar-refractivity contribution in [2.24, 2.45) is 5.10 Å². The molecule has 1 heterocycles. The van der Waals surface area contributed by atoms with Crippen LogP contribution in [-0.4, -0.2) is 29.2 Å². The van der Waals surface area contributed by atoms with Crippen LogP contribution in [0.1, 0.15) is 27.4 Å². The Kier molecular flexibility index (Phi) is 5.77. The summed E-state index contributed by atoms with van der Waals surface area (Å²) < 4.78 is 27.7. The molecule has 156 valence electrons. The molecule has 0 spiro atoms. The van der Waals surface area contributed by atoms with Crippen molar-refractivity contribution in [2.75, 3.05) is 6.54 Å². The minimum atomic E-state index is -1.17. The molecular formula is C23H16ClF2N3O2. The fourth-order valence-electron chi connectivity index (χ4n) is 3.40. The highest BCUT2D eigenvalue weighted by Gasteiger charge is 2.33. The van der Waals surface area contributed by atoms with Gasteiger partial charge in [-0.2, -0.15) is 5.10 Å². The van der Waals surface area contributed by atoms with E-state index in [0.29, 0.717) is 10.7 Å². The van der Waals surface area contributed by atoms with Crippen LogP contribution >= 0.6 is 11.6 Å². The quantitative estimate of drug-likeness (QED) is 0.626. The van der Waals surface area contributed by atoms with Crippen LogP contribution in [0.25, 0.3) is 0 Å². The van der Waals surface area contributed by atoms with Crippen LogP contribution in [-0.2, 0) is 0 Å². The summed E-state index contributed by atoms with van der Waals surface area (Å²) in [5.74, 6) is -3.54. The Balaban J connectivity index is 1.61. The van der Waals surface area contributed by atoms with Gasteiger partial charge < -0.3 is 0 Å². The van der Waals surface area contributed by atoms with Gasteiger partial charge in [-0.1, -0.05) is 60.1 Å². The molecule has 0 fully saturated rings. The molecule has 1 aliphatic heterocycles. The largest absolute Gasteiger partial charge is 0.344 e. The van der Waals surface area contributed by atoms with Gasteiger partial charge >= 0.3 is 6.03 Å². The van der Waals surface area contributed by atoms with Crippen molar-refractivity contribution in [1.29, 1.82) is 0 Å². The number of urea groups is 1. The van der Waals surface area contributed by atoms with Crippen molar-refractivity contribution in [3.05, 3.63) is 106 Å². The molecule has 1 atom stereocenters. The normalized spacial score (nSPS) is 15.5. The maximum atomic E-state index is 13.9. The number of benzene rings is 3. The van der Waals surface area contributed by atoms with Gasteiger partial charge in [0.05, 0.1) is 12.3 Å². The SMILES string of the molecule is O=C(NC(=O)N1CC(c2ccccc2)C(c2ccc(Cl)cc2)=N1)c1c(F)cccc1F. The summed E-state index contributed by atoms with van der Waals surface area (Å²) in [6.07, 6.45) is 0. The third kappa shape index (κ3) is 4.32. The molecule has 31 heavy (non-hydrogen) atoms. The number of halogens is 3. The zero-order valence-corrected chi connectivity index (χ0v) is 16.8. The number of hydrogen-bond acceptors (Lipinski definition) is 3. The predicted molar refractivity (Wildman–Crippen MR) is 113 cm³/mol. The molecule has 3 aromatic carbocycles. The van der Waals surface area contributed by atoms with E-state index in [0.717, 1.165) is 34.3 Å². The summed E-state index contributed by atoms with van der Waals surface area (Å²) in [7, 11) is 0. The Labute approximate surface area is 181 Å². The van der Waals surface area contributed by atoms with Gasteiger partial charge in [-0.3, -0.25) is 10.1 Å². The Morgan fingerprint density at radius 1 is 0.935 bits per heavy atom. The van der Waals surface area contributed by atoms with Gasteiger partial charge in [0.2, 0.25) is 0 Å². The second-order valence-electron chi connectivity index (χ2n) is 6.89. The smallest absolute Gasteiger partial charge is 0.272 e. The van der Waals surface area contributed by atoms with E-state index >= 15 is 0 Å². The highest BCUT2D eigenvalue weighted by molar-refractivity contribution is 6.30. The van der Waals surface area contributed by atoms with E-state index in [2.05, 4.69) is 5.10 Å². The lowest BCUT2D eigenvalue weighted by Gasteiger charge is -2.15. The van der Waals surface area contributed by atoms with E-state index < -0.39 is 29.1 Å². The molecule has 4 rings (SSSR count). The summed E-state index contributed by atoms with van der Waals surface area (Å²) in [4.78, 5) is 25.0. The van der Waals surface area contributed by atoms with E-state index in [9.17, 15) is 18.4 Å². The monoisotopic (exact) mass is 439 g/mol. The molecule has 0 aliphatic carbocycles. The molecule has 8 heteroatoms. The lowest BCUT2D eigenvalue weighted by atomic mass is 9.91. The van der Waals surface area contributed by atoms with Crippen molar-refractivity contribution in [2.45, 2.75) is 5.92 Å². The van der Waals surface area contributed by atoms with Gasteiger partial charge in [-0.15, -0.1) is 0 Å². The van der Waals surface area contributed by atoms with E-state index in [4.69, 9.17) is 11.6 Å². The number of hydrogen-bond donors (Lipinski definition) is 1. The number of nitrogens with zero attached hydrogens (tertiary/aromatic N) is 2. The first-order valence-electron chi connectivity index (χ1n) is 9.40. The maximum Gasteiger partial charge on any atom is 0.344 e. The number of carbonyl (C=O) groups is 2. The van der Waals surface area contributed by atoms with Crippen LogP contribution in [0.15, 0.2) is 77.9 Å². The topological polar surface area (TPSA) is 61.8 Å². The summed E-state index contributed by atoms with van der Waals surface area (Å²) in [5.41, 5.74) is 1.48. The average Bonchev–Trinajstić information content (AvgIpc) is 3.20. The second-order valence-corrected chi connectivity index (χ2v) is 7.33. The highest BCUT2D eigenvalue weighted by Crippen LogP contribution is 2.29. The van der Waals surface area contributed by atoms with E-state index in [1.54, 1.807) is 24.3 Å². The number of rotatable bonds is 3. The summed E-state index contributed by atoms with van der Waals surface area (Å²) in [6, 6.07) is 18.6. The fourth-order valence-corrected chi connectivity index (χ4v) is 3.52. The first-order chi connectivity index (χ1) is 14.9. The molecule has 0 radical (unpaired) electrons. The number of imide groups is 1. The number of hydrazone groups is 1. The third-order valence-electron chi connectivity index (χ3n) is 4.90. The average molecular weight is 440 g/mol. The molecule has 0 saturated heterocycles. The predicted octanol–water partition coefficient (Wildman–Crippen LogP) is 4.97. The van der Waals surface area contributed by atoms with Crippen LogP contribution in [0.5, 0.6) is 0 Å². The summed E-state index contributed by atoms with van der Waals surface area (Å²) >= 11 is 5.98. The Morgan fingerprint density at radius 3 is 2.23 bits per heavy atom. The van der Waals surface area contributed by atoms with Crippen molar-refractivity contribution < 1.29 is 18.4 Å². The maximum absolute atomic E-state index is 13.9. The molecule has 3 aromatic rings. The van der Waals surface area contributed by atoms with Crippen LogP contribution in [0.3, 0.4) is 0 Å². The number of nitrogens with one attached hydrogen (secondary N) is 1. The van der Waals surface area contributed by atoms with Crippen LogP contribution in [0.4, 0.5) is 13.6 Å². The van der Waals surface area contributed by atoms with Crippen LogP contribution < -0.4 is 5.32 Å². The van der Waals surface area contributed by atoms with Gasteiger partial charge in [0, 0.05) is 10.9 Å². The zero-order valence-electron chi connectivity index (χ0n) is 16.1. The molecular weight excluding hydrogens is 424 g/mol. The molecule has 0 saturated carbocycles. The van der Waals surface area contributed by atoms with E-state index in [1.165, 1.54) is 0 Å². The minimum absolute atomic E-state index is 0.154. The molecule has 3 amide bonds. The first kappa shape index (κ1) is 20.7. The van der Waals surface area contributed by atoms with Crippen LogP contribution in [0.2, 0.25) is 5.02 Å². The highest BCUT2D eigenvalue weighted by atomic mass is 35.5. The molecule has 1 aliphatic rings. The van der Waals surface area contributed by atoms with Gasteiger partial charge in [-0.05, 0) is 35.4 Å². The van der Waals surface area contributed by atoms with Crippen molar-refractivity contribution in [3.63, 3.8) is 0 Å².